The third-order valence-electron chi connectivity index (χ3n) is 5.58. The van der Waals surface area contributed by atoms with Crippen molar-refractivity contribution in [2.75, 3.05) is 12.8 Å². The van der Waals surface area contributed by atoms with Crippen molar-refractivity contribution in [3.05, 3.63) is 70.3 Å². The molecule has 30 heavy (non-hydrogen) atoms. The number of amides is 1. The van der Waals surface area contributed by atoms with E-state index in [1.165, 1.54) is 22.7 Å². The highest BCUT2D eigenvalue weighted by atomic mass is 32.2. The Morgan fingerprint density at radius 2 is 1.87 bits per heavy atom. The molecular formula is C23H24FN3O2S. The molecule has 1 amide bonds. The van der Waals surface area contributed by atoms with Crippen LogP contribution in [0.3, 0.4) is 0 Å². The summed E-state index contributed by atoms with van der Waals surface area (Å²) in [6.07, 6.45) is 4.10. The monoisotopic (exact) mass is 425 g/mol. The molecule has 0 N–H and O–H groups in total. The van der Waals surface area contributed by atoms with Crippen LogP contribution >= 0.6 is 11.8 Å². The van der Waals surface area contributed by atoms with Gasteiger partial charge in [-0.2, -0.15) is 0 Å². The Bertz CT molecular complexity index is 1120. The van der Waals surface area contributed by atoms with E-state index in [9.17, 15) is 14.0 Å². The van der Waals surface area contributed by atoms with E-state index in [0.717, 1.165) is 25.7 Å². The van der Waals surface area contributed by atoms with Crippen LogP contribution in [-0.4, -0.2) is 33.2 Å². The molecule has 0 bridgehead atoms. The largest absolute Gasteiger partial charge is 0.341 e. The molecule has 0 atom stereocenters. The summed E-state index contributed by atoms with van der Waals surface area (Å²) in [5, 5.41) is 1.19. The molecule has 0 aliphatic heterocycles. The fraction of sp³-hybridized carbons (Fsp3) is 0.348. The molecule has 2 aromatic carbocycles. The van der Waals surface area contributed by atoms with Crippen molar-refractivity contribution in [1.82, 2.24) is 14.5 Å². The average molecular weight is 426 g/mol. The van der Waals surface area contributed by atoms with Crippen molar-refractivity contribution in [3.63, 3.8) is 0 Å². The van der Waals surface area contributed by atoms with Crippen molar-refractivity contribution in [1.29, 1.82) is 0 Å². The SMILES string of the molecule is CN(Cc1ccccc1F)C(=O)CSc1nc2ccccc2c(=O)n1C1CCCC1. The number of para-hydroxylation sites is 1. The summed E-state index contributed by atoms with van der Waals surface area (Å²) in [4.78, 5) is 32.1. The van der Waals surface area contributed by atoms with Gasteiger partial charge in [-0.05, 0) is 31.0 Å². The van der Waals surface area contributed by atoms with Crippen molar-refractivity contribution in [2.45, 2.75) is 43.4 Å². The lowest BCUT2D eigenvalue weighted by Gasteiger charge is -2.20. The first-order valence-corrected chi connectivity index (χ1v) is 11.1. The summed E-state index contributed by atoms with van der Waals surface area (Å²) in [6.45, 7) is 0.201. The second-order valence-electron chi connectivity index (χ2n) is 7.65. The van der Waals surface area contributed by atoms with Gasteiger partial charge in [0, 0.05) is 25.2 Å². The van der Waals surface area contributed by atoms with Gasteiger partial charge in [-0.3, -0.25) is 14.2 Å². The molecule has 0 saturated heterocycles. The standard InChI is InChI=1S/C23H24FN3O2S/c1-26(14-16-8-2-6-12-19(16)24)21(28)15-30-23-25-20-13-7-5-11-18(20)22(29)27(23)17-9-3-4-10-17/h2,5-8,11-13,17H,3-4,9-10,14-15H2,1H3. The van der Waals surface area contributed by atoms with Crippen LogP contribution in [0, 0.1) is 5.82 Å². The van der Waals surface area contributed by atoms with Gasteiger partial charge in [-0.1, -0.05) is 54.9 Å². The Kier molecular flexibility index (Phi) is 6.18. The predicted molar refractivity (Wildman–Crippen MR) is 117 cm³/mol. The molecule has 7 heteroatoms. The fourth-order valence-electron chi connectivity index (χ4n) is 3.92. The molecule has 4 rings (SSSR count). The normalized spacial score (nSPS) is 14.3. The molecule has 1 saturated carbocycles. The number of benzene rings is 2. The minimum absolute atomic E-state index is 0.0397. The van der Waals surface area contributed by atoms with Gasteiger partial charge in [-0.15, -0.1) is 0 Å². The van der Waals surface area contributed by atoms with E-state index in [4.69, 9.17) is 4.98 Å². The van der Waals surface area contributed by atoms with Gasteiger partial charge in [0.25, 0.3) is 5.56 Å². The molecule has 1 fully saturated rings. The number of thioether (sulfide) groups is 1. The topological polar surface area (TPSA) is 55.2 Å². The highest BCUT2D eigenvalue weighted by molar-refractivity contribution is 7.99. The molecule has 0 spiro atoms. The molecular weight excluding hydrogens is 401 g/mol. The van der Waals surface area contributed by atoms with Gasteiger partial charge in [0.05, 0.1) is 16.7 Å². The quantitative estimate of drug-likeness (QED) is 0.434. The zero-order valence-corrected chi connectivity index (χ0v) is 17.7. The van der Waals surface area contributed by atoms with E-state index in [1.807, 2.05) is 18.2 Å². The van der Waals surface area contributed by atoms with Crippen LogP contribution < -0.4 is 5.56 Å². The number of hydrogen-bond donors (Lipinski definition) is 0. The van der Waals surface area contributed by atoms with Gasteiger partial charge < -0.3 is 4.90 Å². The average Bonchev–Trinajstić information content (AvgIpc) is 3.28. The number of rotatable bonds is 6. The molecule has 5 nitrogen and oxygen atoms in total. The van der Waals surface area contributed by atoms with Crippen LogP contribution in [0.2, 0.25) is 0 Å². The zero-order valence-electron chi connectivity index (χ0n) is 16.9. The van der Waals surface area contributed by atoms with E-state index in [-0.39, 0.29) is 35.6 Å². The number of fused-ring (bicyclic) bond motifs is 1. The van der Waals surface area contributed by atoms with E-state index < -0.39 is 0 Å². The van der Waals surface area contributed by atoms with E-state index in [1.54, 1.807) is 35.9 Å². The number of nitrogens with zero attached hydrogens (tertiary/aromatic N) is 3. The van der Waals surface area contributed by atoms with Gasteiger partial charge in [0.15, 0.2) is 5.16 Å². The lowest BCUT2D eigenvalue weighted by atomic mass is 10.2. The Morgan fingerprint density at radius 1 is 1.17 bits per heavy atom. The summed E-state index contributed by atoms with van der Waals surface area (Å²) in [7, 11) is 1.66. The number of aromatic nitrogens is 2. The lowest BCUT2D eigenvalue weighted by molar-refractivity contribution is -0.127. The van der Waals surface area contributed by atoms with Crippen LogP contribution in [0.4, 0.5) is 4.39 Å². The molecule has 1 aliphatic rings. The maximum absolute atomic E-state index is 13.9. The molecule has 0 radical (unpaired) electrons. The van der Waals surface area contributed by atoms with Crippen molar-refractivity contribution >= 4 is 28.6 Å². The van der Waals surface area contributed by atoms with Gasteiger partial charge in [0.2, 0.25) is 5.91 Å². The smallest absolute Gasteiger partial charge is 0.262 e. The molecule has 1 aromatic heterocycles. The Hall–Kier alpha value is -2.67. The third kappa shape index (κ3) is 4.26. The number of halogens is 1. The van der Waals surface area contributed by atoms with Crippen molar-refractivity contribution in [3.8, 4) is 0 Å². The maximum Gasteiger partial charge on any atom is 0.262 e. The molecule has 3 aromatic rings. The highest BCUT2D eigenvalue weighted by Crippen LogP contribution is 2.32. The Labute approximate surface area is 178 Å². The van der Waals surface area contributed by atoms with E-state index in [0.29, 0.717) is 21.6 Å². The Balaban J connectivity index is 1.55. The number of hydrogen-bond acceptors (Lipinski definition) is 4. The van der Waals surface area contributed by atoms with Crippen molar-refractivity contribution < 1.29 is 9.18 Å². The first-order valence-electron chi connectivity index (χ1n) is 10.2. The summed E-state index contributed by atoms with van der Waals surface area (Å²) < 4.78 is 15.7. The first-order chi connectivity index (χ1) is 14.5. The molecule has 1 heterocycles. The van der Waals surface area contributed by atoms with Crippen LogP contribution in [0.5, 0.6) is 0 Å². The van der Waals surface area contributed by atoms with Crippen LogP contribution in [0.1, 0.15) is 37.3 Å². The predicted octanol–water partition coefficient (Wildman–Crippen LogP) is 4.40. The number of carbonyl (C=O) groups excluding carboxylic acids is 1. The zero-order chi connectivity index (χ0) is 21.1. The lowest BCUT2D eigenvalue weighted by Crippen LogP contribution is -2.30. The van der Waals surface area contributed by atoms with E-state index in [2.05, 4.69) is 0 Å². The minimum atomic E-state index is -0.323. The molecule has 156 valence electrons. The summed E-state index contributed by atoms with van der Waals surface area (Å²) in [6, 6.07) is 13.9. The van der Waals surface area contributed by atoms with Crippen LogP contribution in [-0.2, 0) is 11.3 Å². The van der Waals surface area contributed by atoms with Crippen LogP contribution in [0.15, 0.2) is 58.5 Å². The van der Waals surface area contributed by atoms with Crippen LogP contribution in [0.25, 0.3) is 10.9 Å². The maximum atomic E-state index is 13.9. The summed E-state index contributed by atoms with van der Waals surface area (Å²) >= 11 is 1.28. The van der Waals surface area contributed by atoms with Gasteiger partial charge in [0.1, 0.15) is 5.82 Å². The summed E-state index contributed by atoms with van der Waals surface area (Å²) in [5.41, 5.74) is 1.08. The molecule has 0 unspecified atom stereocenters. The number of carbonyl (C=O) groups is 1. The third-order valence-corrected chi connectivity index (χ3v) is 6.52. The highest BCUT2D eigenvalue weighted by Gasteiger charge is 2.24. The second kappa shape index (κ2) is 9.00. The summed E-state index contributed by atoms with van der Waals surface area (Å²) in [5.74, 6) is -0.317. The fourth-order valence-corrected chi connectivity index (χ4v) is 4.93. The van der Waals surface area contributed by atoms with Crippen molar-refractivity contribution in [2.24, 2.45) is 0 Å². The second-order valence-corrected chi connectivity index (χ2v) is 8.60. The van der Waals surface area contributed by atoms with E-state index >= 15 is 0 Å². The van der Waals surface area contributed by atoms with Gasteiger partial charge in [-0.25, -0.2) is 9.37 Å². The first kappa shape index (κ1) is 20.6. The molecule has 1 aliphatic carbocycles. The van der Waals surface area contributed by atoms with Gasteiger partial charge >= 0.3 is 0 Å². The Morgan fingerprint density at radius 3 is 2.63 bits per heavy atom. The minimum Gasteiger partial charge on any atom is -0.341 e.